The lowest BCUT2D eigenvalue weighted by molar-refractivity contribution is -0.0743. The first kappa shape index (κ1) is 12.0. The SMILES string of the molecule is CC(C)OCCNC1CC(O)C1(C)C. The predicted octanol–water partition coefficient (Wildman–Crippen LogP) is 1.16. The molecule has 0 aromatic carbocycles. The number of hydrogen-bond acceptors (Lipinski definition) is 3. The summed E-state index contributed by atoms with van der Waals surface area (Å²) in [6, 6.07) is 0.438. The number of ether oxygens (including phenoxy) is 1. The molecule has 1 fully saturated rings. The van der Waals surface area contributed by atoms with Crippen LogP contribution in [0.5, 0.6) is 0 Å². The largest absolute Gasteiger partial charge is 0.392 e. The van der Waals surface area contributed by atoms with E-state index in [0.29, 0.717) is 12.1 Å². The minimum atomic E-state index is -0.147. The lowest BCUT2D eigenvalue weighted by Gasteiger charge is -2.49. The van der Waals surface area contributed by atoms with Crippen molar-refractivity contribution in [2.75, 3.05) is 13.2 Å². The molecule has 3 heteroatoms. The van der Waals surface area contributed by atoms with E-state index in [4.69, 9.17) is 4.74 Å². The molecule has 0 bridgehead atoms. The first-order valence-electron chi connectivity index (χ1n) is 5.47. The third-order valence-corrected chi connectivity index (χ3v) is 3.16. The molecule has 2 N–H and O–H groups in total. The summed E-state index contributed by atoms with van der Waals surface area (Å²) in [5.74, 6) is 0. The molecule has 0 aromatic rings. The second-order valence-corrected chi connectivity index (χ2v) is 5.00. The molecule has 0 saturated heterocycles. The van der Waals surface area contributed by atoms with Gasteiger partial charge in [0.15, 0.2) is 0 Å². The van der Waals surface area contributed by atoms with E-state index in [0.717, 1.165) is 19.6 Å². The van der Waals surface area contributed by atoms with Gasteiger partial charge in [0.1, 0.15) is 0 Å². The predicted molar refractivity (Wildman–Crippen MR) is 57.3 cm³/mol. The smallest absolute Gasteiger partial charge is 0.0621 e. The van der Waals surface area contributed by atoms with Gasteiger partial charge < -0.3 is 15.2 Å². The minimum Gasteiger partial charge on any atom is -0.392 e. The van der Waals surface area contributed by atoms with Crippen LogP contribution < -0.4 is 5.32 Å². The summed E-state index contributed by atoms with van der Waals surface area (Å²) in [5.41, 5.74) is 0.0256. The average Bonchev–Trinajstić information content (AvgIpc) is 2.10. The molecule has 0 amide bonds. The minimum absolute atomic E-state index is 0.0256. The van der Waals surface area contributed by atoms with Crippen molar-refractivity contribution >= 4 is 0 Å². The fourth-order valence-corrected chi connectivity index (χ4v) is 1.78. The van der Waals surface area contributed by atoms with Gasteiger partial charge >= 0.3 is 0 Å². The van der Waals surface area contributed by atoms with Crippen LogP contribution in [0.25, 0.3) is 0 Å². The molecule has 3 nitrogen and oxygen atoms in total. The van der Waals surface area contributed by atoms with Crippen LogP contribution in [-0.4, -0.2) is 36.5 Å². The van der Waals surface area contributed by atoms with Crippen molar-refractivity contribution in [3.05, 3.63) is 0 Å². The fraction of sp³-hybridized carbons (Fsp3) is 1.00. The summed E-state index contributed by atoms with van der Waals surface area (Å²) in [6.45, 7) is 9.90. The molecule has 14 heavy (non-hydrogen) atoms. The van der Waals surface area contributed by atoms with Crippen molar-refractivity contribution in [3.8, 4) is 0 Å². The van der Waals surface area contributed by atoms with Crippen LogP contribution in [0.4, 0.5) is 0 Å². The van der Waals surface area contributed by atoms with E-state index in [2.05, 4.69) is 19.2 Å². The molecular weight excluding hydrogens is 178 g/mol. The Morgan fingerprint density at radius 1 is 1.50 bits per heavy atom. The second kappa shape index (κ2) is 4.60. The molecule has 0 spiro atoms. The summed E-state index contributed by atoms with van der Waals surface area (Å²) < 4.78 is 5.43. The summed E-state index contributed by atoms with van der Waals surface area (Å²) in [7, 11) is 0. The van der Waals surface area contributed by atoms with E-state index in [9.17, 15) is 5.11 Å². The molecule has 0 aliphatic heterocycles. The van der Waals surface area contributed by atoms with Crippen LogP contribution in [0.15, 0.2) is 0 Å². The van der Waals surface area contributed by atoms with Crippen molar-refractivity contribution in [2.45, 2.75) is 52.4 Å². The Kier molecular flexibility index (Phi) is 3.93. The zero-order valence-electron chi connectivity index (χ0n) is 9.71. The van der Waals surface area contributed by atoms with Gasteiger partial charge in [-0.1, -0.05) is 13.8 Å². The molecule has 1 aliphatic carbocycles. The summed E-state index contributed by atoms with van der Waals surface area (Å²) >= 11 is 0. The lowest BCUT2D eigenvalue weighted by Crippen LogP contribution is -2.60. The summed E-state index contributed by atoms with van der Waals surface area (Å²) in [4.78, 5) is 0. The van der Waals surface area contributed by atoms with Crippen LogP contribution in [0, 0.1) is 5.41 Å². The molecule has 0 heterocycles. The second-order valence-electron chi connectivity index (χ2n) is 5.00. The van der Waals surface area contributed by atoms with Crippen molar-refractivity contribution in [1.82, 2.24) is 5.32 Å². The first-order chi connectivity index (χ1) is 6.44. The van der Waals surface area contributed by atoms with Gasteiger partial charge in [-0.2, -0.15) is 0 Å². The van der Waals surface area contributed by atoms with Crippen LogP contribution in [0.2, 0.25) is 0 Å². The Balaban J connectivity index is 2.09. The standard InChI is InChI=1S/C11H23NO2/c1-8(2)14-6-5-12-9-7-10(13)11(9,3)4/h8-10,12-13H,5-7H2,1-4H3. The van der Waals surface area contributed by atoms with E-state index < -0.39 is 0 Å². The van der Waals surface area contributed by atoms with Crippen molar-refractivity contribution < 1.29 is 9.84 Å². The van der Waals surface area contributed by atoms with Gasteiger partial charge in [0, 0.05) is 18.0 Å². The van der Waals surface area contributed by atoms with Gasteiger partial charge in [-0.25, -0.2) is 0 Å². The van der Waals surface area contributed by atoms with Gasteiger partial charge in [-0.3, -0.25) is 0 Å². The highest BCUT2D eigenvalue weighted by Crippen LogP contribution is 2.40. The van der Waals surface area contributed by atoms with Gasteiger partial charge in [-0.15, -0.1) is 0 Å². The highest BCUT2D eigenvalue weighted by molar-refractivity contribution is 5.01. The van der Waals surface area contributed by atoms with E-state index in [1.807, 2.05) is 13.8 Å². The topological polar surface area (TPSA) is 41.5 Å². The molecular formula is C11H23NO2. The molecule has 1 saturated carbocycles. The molecule has 84 valence electrons. The Hall–Kier alpha value is -0.120. The van der Waals surface area contributed by atoms with Gasteiger partial charge in [0.2, 0.25) is 0 Å². The number of rotatable bonds is 5. The highest BCUT2D eigenvalue weighted by atomic mass is 16.5. The lowest BCUT2D eigenvalue weighted by atomic mass is 9.64. The fourth-order valence-electron chi connectivity index (χ4n) is 1.78. The molecule has 0 radical (unpaired) electrons. The molecule has 1 aliphatic rings. The van der Waals surface area contributed by atoms with Gasteiger partial charge in [0.05, 0.1) is 18.8 Å². The van der Waals surface area contributed by atoms with Crippen molar-refractivity contribution in [2.24, 2.45) is 5.41 Å². The Morgan fingerprint density at radius 3 is 2.57 bits per heavy atom. The molecule has 2 unspecified atom stereocenters. The van der Waals surface area contributed by atoms with Crippen LogP contribution in [-0.2, 0) is 4.74 Å². The number of nitrogens with one attached hydrogen (secondary N) is 1. The Bertz CT molecular complexity index is 180. The zero-order chi connectivity index (χ0) is 10.8. The Labute approximate surface area is 86.8 Å². The maximum atomic E-state index is 9.52. The number of aliphatic hydroxyl groups is 1. The first-order valence-corrected chi connectivity index (χ1v) is 5.47. The Morgan fingerprint density at radius 2 is 2.14 bits per heavy atom. The average molecular weight is 201 g/mol. The van der Waals surface area contributed by atoms with Crippen LogP contribution in [0.1, 0.15) is 34.1 Å². The van der Waals surface area contributed by atoms with E-state index in [-0.39, 0.29) is 11.5 Å². The summed E-state index contributed by atoms with van der Waals surface area (Å²) in [6.07, 6.45) is 1.03. The monoisotopic (exact) mass is 201 g/mol. The van der Waals surface area contributed by atoms with Gasteiger partial charge in [0.25, 0.3) is 0 Å². The molecule has 2 atom stereocenters. The number of aliphatic hydroxyl groups excluding tert-OH is 1. The normalized spacial score (nSPS) is 30.4. The summed E-state index contributed by atoms with van der Waals surface area (Å²) in [5, 5.41) is 12.9. The quantitative estimate of drug-likeness (QED) is 0.656. The highest BCUT2D eigenvalue weighted by Gasteiger charge is 2.46. The van der Waals surface area contributed by atoms with E-state index >= 15 is 0 Å². The third kappa shape index (κ3) is 2.69. The van der Waals surface area contributed by atoms with E-state index in [1.54, 1.807) is 0 Å². The molecule has 1 rings (SSSR count). The van der Waals surface area contributed by atoms with Crippen LogP contribution >= 0.6 is 0 Å². The third-order valence-electron chi connectivity index (χ3n) is 3.16. The van der Waals surface area contributed by atoms with Gasteiger partial charge in [-0.05, 0) is 20.3 Å². The zero-order valence-corrected chi connectivity index (χ0v) is 9.71. The number of hydrogen-bond donors (Lipinski definition) is 2. The molecule has 0 aromatic heterocycles. The maximum absolute atomic E-state index is 9.52. The van der Waals surface area contributed by atoms with E-state index in [1.165, 1.54) is 0 Å². The van der Waals surface area contributed by atoms with Crippen molar-refractivity contribution in [3.63, 3.8) is 0 Å². The van der Waals surface area contributed by atoms with Crippen molar-refractivity contribution in [1.29, 1.82) is 0 Å². The maximum Gasteiger partial charge on any atom is 0.0621 e. The van der Waals surface area contributed by atoms with Crippen LogP contribution in [0.3, 0.4) is 0 Å².